The van der Waals surface area contributed by atoms with Crippen LogP contribution in [0.15, 0.2) is 24.3 Å². The highest BCUT2D eigenvalue weighted by molar-refractivity contribution is 5.85. The van der Waals surface area contributed by atoms with Gasteiger partial charge in [0.1, 0.15) is 17.0 Å². The maximum Gasteiger partial charge on any atom is 0.514 e. The second-order valence-electron chi connectivity index (χ2n) is 6.72. The quantitative estimate of drug-likeness (QED) is 0.649. The minimum absolute atomic E-state index is 0.323. The molecular formula is C16H23NO5. The Kier molecular flexibility index (Phi) is 5.41. The molecule has 1 aromatic carbocycles. The Morgan fingerprint density at radius 3 is 1.82 bits per heavy atom. The number of carbonyl (C=O) groups is 2. The lowest BCUT2D eigenvalue weighted by atomic mass is 10.2. The minimum atomic E-state index is -0.777. The van der Waals surface area contributed by atoms with Crippen LogP contribution in [0.5, 0.6) is 5.75 Å². The van der Waals surface area contributed by atoms with Crippen LogP contribution in [-0.4, -0.2) is 23.5 Å². The first kappa shape index (κ1) is 17.8. The number of nitrogens with one attached hydrogen (secondary N) is 1. The van der Waals surface area contributed by atoms with Crippen molar-refractivity contribution < 1.29 is 23.8 Å². The monoisotopic (exact) mass is 309 g/mol. The molecule has 1 aromatic rings. The van der Waals surface area contributed by atoms with Gasteiger partial charge in [-0.05, 0) is 65.8 Å². The molecule has 0 spiro atoms. The maximum absolute atomic E-state index is 11.6. The molecule has 1 amide bonds. The molecule has 0 aliphatic carbocycles. The summed E-state index contributed by atoms with van der Waals surface area (Å²) in [5, 5.41) is 2.58. The molecule has 22 heavy (non-hydrogen) atoms. The largest absolute Gasteiger partial charge is 0.514 e. The topological polar surface area (TPSA) is 73.9 Å². The van der Waals surface area contributed by atoms with Gasteiger partial charge >= 0.3 is 12.2 Å². The Morgan fingerprint density at radius 2 is 1.36 bits per heavy atom. The number of anilines is 1. The molecule has 6 heteroatoms. The van der Waals surface area contributed by atoms with Crippen LogP contribution in [0.3, 0.4) is 0 Å². The molecule has 0 saturated carbocycles. The summed E-state index contributed by atoms with van der Waals surface area (Å²) >= 11 is 0. The zero-order valence-electron chi connectivity index (χ0n) is 13.9. The highest BCUT2D eigenvalue weighted by Crippen LogP contribution is 2.18. The number of hydrogen-bond acceptors (Lipinski definition) is 5. The van der Waals surface area contributed by atoms with E-state index < -0.39 is 23.5 Å². The maximum atomic E-state index is 11.6. The van der Waals surface area contributed by atoms with Gasteiger partial charge in [0.05, 0.1) is 0 Å². The molecule has 0 atom stereocenters. The van der Waals surface area contributed by atoms with E-state index >= 15 is 0 Å². The molecule has 0 unspecified atom stereocenters. The Hall–Kier alpha value is -2.24. The summed E-state index contributed by atoms with van der Waals surface area (Å²) in [5.41, 5.74) is -0.648. The summed E-state index contributed by atoms with van der Waals surface area (Å²) < 4.78 is 15.2. The summed E-state index contributed by atoms with van der Waals surface area (Å²) in [6.45, 7) is 10.6. The van der Waals surface area contributed by atoms with Gasteiger partial charge in [-0.1, -0.05) is 0 Å². The van der Waals surface area contributed by atoms with Gasteiger partial charge in [-0.15, -0.1) is 0 Å². The van der Waals surface area contributed by atoms with E-state index in [0.717, 1.165) is 0 Å². The second kappa shape index (κ2) is 6.68. The predicted octanol–water partition coefficient (Wildman–Crippen LogP) is 4.35. The van der Waals surface area contributed by atoms with Crippen LogP contribution in [0.2, 0.25) is 0 Å². The lowest BCUT2D eigenvalue weighted by molar-refractivity contribution is 0.0206. The Balaban J connectivity index is 2.56. The van der Waals surface area contributed by atoms with E-state index in [1.54, 1.807) is 65.8 Å². The fourth-order valence-electron chi connectivity index (χ4n) is 1.39. The van der Waals surface area contributed by atoms with Crippen LogP contribution in [0.1, 0.15) is 41.5 Å². The molecule has 0 aliphatic rings. The Labute approximate surface area is 130 Å². The lowest BCUT2D eigenvalue weighted by Crippen LogP contribution is -2.27. The molecule has 0 bridgehead atoms. The van der Waals surface area contributed by atoms with Gasteiger partial charge in [0, 0.05) is 5.69 Å². The van der Waals surface area contributed by atoms with Crippen molar-refractivity contribution in [2.45, 2.75) is 52.7 Å². The van der Waals surface area contributed by atoms with E-state index in [1.807, 2.05) is 0 Å². The van der Waals surface area contributed by atoms with E-state index in [0.29, 0.717) is 11.4 Å². The van der Waals surface area contributed by atoms with Crippen molar-refractivity contribution in [1.29, 1.82) is 0 Å². The number of rotatable bonds is 2. The molecule has 0 aliphatic heterocycles. The normalized spacial score (nSPS) is 11.5. The standard InChI is InChI=1S/C16H23NO5/c1-15(2,3)21-13(18)17-11-7-9-12(10-8-11)20-14(19)22-16(4,5)6/h7-10H,1-6H3,(H,17,18). The Morgan fingerprint density at radius 1 is 0.864 bits per heavy atom. The van der Waals surface area contributed by atoms with Crippen molar-refractivity contribution in [3.05, 3.63) is 24.3 Å². The lowest BCUT2D eigenvalue weighted by Gasteiger charge is -2.20. The van der Waals surface area contributed by atoms with E-state index in [4.69, 9.17) is 14.2 Å². The number of ether oxygens (including phenoxy) is 3. The van der Waals surface area contributed by atoms with Crippen molar-refractivity contribution in [3.63, 3.8) is 0 Å². The highest BCUT2D eigenvalue weighted by Gasteiger charge is 2.18. The van der Waals surface area contributed by atoms with Crippen molar-refractivity contribution >= 4 is 17.9 Å². The molecular weight excluding hydrogens is 286 g/mol. The SMILES string of the molecule is CC(C)(C)OC(=O)Nc1ccc(OC(=O)OC(C)(C)C)cc1. The van der Waals surface area contributed by atoms with Crippen molar-refractivity contribution in [3.8, 4) is 5.75 Å². The van der Waals surface area contributed by atoms with Crippen molar-refractivity contribution in [1.82, 2.24) is 0 Å². The minimum Gasteiger partial charge on any atom is -0.444 e. The molecule has 0 heterocycles. The summed E-state index contributed by atoms with van der Waals surface area (Å²) in [4.78, 5) is 23.1. The summed E-state index contributed by atoms with van der Waals surface area (Å²) in [6.07, 6.45) is -1.33. The van der Waals surface area contributed by atoms with Crippen LogP contribution < -0.4 is 10.1 Å². The first-order valence-corrected chi connectivity index (χ1v) is 6.95. The first-order valence-electron chi connectivity index (χ1n) is 6.95. The van der Waals surface area contributed by atoms with Gasteiger partial charge in [0.25, 0.3) is 0 Å². The predicted molar refractivity (Wildman–Crippen MR) is 83.2 cm³/mol. The zero-order chi connectivity index (χ0) is 17.0. The van der Waals surface area contributed by atoms with Gasteiger partial charge < -0.3 is 14.2 Å². The molecule has 1 N–H and O–H groups in total. The molecule has 0 saturated heterocycles. The molecule has 0 aromatic heterocycles. The van der Waals surface area contributed by atoms with Crippen LogP contribution >= 0.6 is 0 Å². The second-order valence-corrected chi connectivity index (χ2v) is 6.72. The van der Waals surface area contributed by atoms with Crippen molar-refractivity contribution in [2.24, 2.45) is 0 Å². The summed E-state index contributed by atoms with van der Waals surface area (Å²) in [7, 11) is 0. The molecule has 1 rings (SSSR count). The van der Waals surface area contributed by atoms with Gasteiger partial charge in [-0.2, -0.15) is 0 Å². The zero-order valence-corrected chi connectivity index (χ0v) is 13.9. The number of benzene rings is 1. The van der Waals surface area contributed by atoms with Crippen LogP contribution in [0.25, 0.3) is 0 Å². The first-order chi connectivity index (χ1) is 9.94. The number of hydrogen-bond donors (Lipinski definition) is 1. The number of carbonyl (C=O) groups excluding carboxylic acids is 2. The molecule has 122 valence electrons. The fraction of sp³-hybridized carbons (Fsp3) is 0.500. The molecule has 0 fully saturated rings. The average molecular weight is 309 g/mol. The third-order valence-corrected chi connectivity index (χ3v) is 2.09. The highest BCUT2D eigenvalue weighted by atomic mass is 16.7. The van der Waals surface area contributed by atoms with Gasteiger partial charge in [-0.3, -0.25) is 5.32 Å². The van der Waals surface area contributed by atoms with Gasteiger partial charge in [0.2, 0.25) is 0 Å². The third-order valence-electron chi connectivity index (χ3n) is 2.09. The molecule has 6 nitrogen and oxygen atoms in total. The summed E-state index contributed by atoms with van der Waals surface area (Å²) in [6, 6.07) is 6.31. The van der Waals surface area contributed by atoms with Crippen LogP contribution in [0, 0.1) is 0 Å². The van der Waals surface area contributed by atoms with Crippen molar-refractivity contribution in [2.75, 3.05) is 5.32 Å². The third kappa shape index (κ3) is 7.52. The van der Waals surface area contributed by atoms with Crippen LogP contribution in [-0.2, 0) is 9.47 Å². The van der Waals surface area contributed by atoms with E-state index in [9.17, 15) is 9.59 Å². The van der Waals surface area contributed by atoms with E-state index in [2.05, 4.69) is 5.32 Å². The van der Waals surface area contributed by atoms with Crippen LogP contribution in [0.4, 0.5) is 15.3 Å². The summed E-state index contributed by atoms with van der Waals surface area (Å²) in [5.74, 6) is 0.323. The van der Waals surface area contributed by atoms with E-state index in [1.165, 1.54) is 0 Å². The van der Waals surface area contributed by atoms with Gasteiger partial charge in [0.15, 0.2) is 0 Å². The fourth-order valence-corrected chi connectivity index (χ4v) is 1.39. The van der Waals surface area contributed by atoms with E-state index in [-0.39, 0.29) is 0 Å². The Bertz CT molecular complexity index is 474. The average Bonchev–Trinajstić information content (AvgIpc) is 2.26. The smallest absolute Gasteiger partial charge is 0.444 e. The number of amides is 1. The van der Waals surface area contributed by atoms with Gasteiger partial charge in [-0.25, -0.2) is 9.59 Å². The molecule has 0 radical (unpaired) electrons.